The van der Waals surface area contributed by atoms with Gasteiger partial charge in [0.2, 0.25) is 0 Å². The van der Waals surface area contributed by atoms with Gasteiger partial charge in [0.25, 0.3) is 15.9 Å². The molecule has 1 saturated heterocycles. The molecule has 13 heteroatoms. The number of anilines is 2. The van der Waals surface area contributed by atoms with Crippen LogP contribution in [0.25, 0.3) is 11.0 Å². The number of carbonyl (C=O) groups is 1. The molecule has 3 N–H and O–H groups in total. The third kappa shape index (κ3) is 6.42. The van der Waals surface area contributed by atoms with Crippen molar-refractivity contribution in [2.75, 3.05) is 35.9 Å². The summed E-state index contributed by atoms with van der Waals surface area (Å²) >= 11 is 5.86. The molecular weight excluding hydrogens is 542 g/mol. The zero-order valence-corrected chi connectivity index (χ0v) is 22.1. The summed E-state index contributed by atoms with van der Waals surface area (Å²) in [6.45, 7) is 2.48. The fraction of sp³-hybridized carbons (Fsp3) is 0.154. The SMILES string of the molecule is O=C(NNC=Nc1nc2ccccc2nc1N1CCOCC1)c1cccc(S(=O)(=O)Nc2ccc(Cl)cc2)c1. The number of fused-ring (bicyclic) bond motifs is 1. The Labute approximate surface area is 229 Å². The molecule has 2 heterocycles. The Morgan fingerprint density at radius 3 is 2.44 bits per heavy atom. The first kappa shape index (κ1) is 26.4. The lowest BCUT2D eigenvalue weighted by Gasteiger charge is -2.28. The molecule has 1 aliphatic heterocycles. The minimum atomic E-state index is -3.93. The second kappa shape index (κ2) is 11.6. The number of para-hydroxylation sites is 2. The number of rotatable bonds is 8. The van der Waals surface area contributed by atoms with Crippen LogP contribution in [0.4, 0.5) is 17.3 Å². The van der Waals surface area contributed by atoms with Crippen molar-refractivity contribution in [3.63, 3.8) is 0 Å². The highest BCUT2D eigenvalue weighted by Crippen LogP contribution is 2.27. The largest absolute Gasteiger partial charge is 0.378 e. The molecular formula is C26H24ClN7O4S. The van der Waals surface area contributed by atoms with E-state index in [4.69, 9.17) is 21.3 Å². The lowest BCUT2D eigenvalue weighted by Crippen LogP contribution is -2.37. The Morgan fingerprint density at radius 2 is 1.69 bits per heavy atom. The summed E-state index contributed by atoms with van der Waals surface area (Å²) in [4.78, 5) is 28.4. The maximum Gasteiger partial charge on any atom is 0.269 e. The smallest absolute Gasteiger partial charge is 0.269 e. The van der Waals surface area contributed by atoms with Gasteiger partial charge in [-0.25, -0.2) is 23.4 Å². The molecule has 4 aromatic rings. The van der Waals surface area contributed by atoms with Crippen LogP contribution in [0, 0.1) is 0 Å². The third-order valence-corrected chi connectivity index (χ3v) is 7.42. The average molecular weight is 566 g/mol. The number of benzene rings is 3. The van der Waals surface area contributed by atoms with Crippen LogP contribution < -0.4 is 20.5 Å². The number of hydrogen-bond acceptors (Lipinski definition) is 8. The molecule has 0 spiro atoms. The van der Waals surface area contributed by atoms with Gasteiger partial charge in [0.05, 0.1) is 29.1 Å². The summed E-state index contributed by atoms with van der Waals surface area (Å²) in [5.74, 6) is 0.453. The molecule has 5 rings (SSSR count). The van der Waals surface area contributed by atoms with Crippen molar-refractivity contribution in [2.45, 2.75) is 4.90 Å². The second-order valence-corrected chi connectivity index (χ2v) is 10.6. The molecule has 39 heavy (non-hydrogen) atoms. The minimum Gasteiger partial charge on any atom is -0.378 e. The topological polar surface area (TPSA) is 138 Å². The Kier molecular flexibility index (Phi) is 7.87. The maximum absolute atomic E-state index is 12.8. The monoisotopic (exact) mass is 565 g/mol. The van der Waals surface area contributed by atoms with Crippen molar-refractivity contribution in [2.24, 2.45) is 4.99 Å². The molecule has 0 bridgehead atoms. The minimum absolute atomic E-state index is 0.0691. The van der Waals surface area contributed by atoms with Gasteiger partial charge in [0.1, 0.15) is 6.34 Å². The van der Waals surface area contributed by atoms with E-state index >= 15 is 0 Å². The standard InChI is InChI=1S/C26H24ClN7O4S/c27-19-8-10-20(11-9-19)33-39(36,37)21-5-3-4-18(16-21)26(35)32-29-17-28-24-25(34-12-14-38-15-13-34)31-23-7-2-1-6-22(23)30-24/h1-11,16-17,33H,12-15H2,(H,32,35)(H,28,29,30). The summed E-state index contributed by atoms with van der Waals surface area (Å²) in [6, 6.07) is 19.4. The van der Waals surface area contributed by atoms with E-state index in [1.54, 1.807) is 24.3 Å². The molecule has 0 atom stereocenters. The number of sulfonamides is 1. The van der Waals surface area contributed by atoms with Gasteiger partial charge in [0.15, 0.2) is 11.6 Å². The van der Waals surface area contributed by atoms with E-state index in [0.29, 0.717) is 54.2 Å². The molecule has 3 aromatic carbocycles. The van der Waals surface area contributed by atoms with Crippen LogP contribution in [0.5, 0.6) is 0 Å². The van der Waals surface area contributed by atoms with Crippen molar-refractivity contribution >= 4 is 62.2 Å². The van der Waals surface area contributed by atoms with E-state index in [1.807, 2.05) is 24.3 Å². The van der Waals surface area contributed by atoms with Crippen molar-refractivity contribution < 1.29 is 17.9 Å². The summed E-state index contributed by atoms with van der Waals surface area (Å²) in [5.41, 5.74) is 7.05. The normalized spacial score (nSPS) is 13.9. The molecule has 0 saturated carbocycles. The van der Waals surface area contributed by atoms with Gasteiger partial charge in [-0.1, -0.05) is 29.8 Å². The van der Waals surface area contributed by atoms with E-state index in [0.717, 1.165) is 5.52 Å². The van der Waals surface area contributed by atoms with Crippen LogP contribution in [-0.2, 0) is 14.8 Å². The quantitative estimate of drug-likeness (QED) is 0.168. The van der Waals surface area contributed by atoms with Crippen LogP contribution in [-0.4, -0.2) is 56.9 Å². The van der Waals surface area contributed by atoms with E-state index in [1.165, 1.54) is 30.6 Å². The number of ether oxygens (including phenoxy) is 1. The molecule has 0 unspecified atom stereocenters. The van der Waals surface area contributed by atoms with Crippen LogP contribution in [0.3, 0.4) is 0 Å². The molecule has 0 aliphatic carbocycles. The highest BCUT2D eigenvalue weighted by atomic mass is 35.5. The van der Waals surface area contributed by atoms with Crippen molar-refractivity contribution in [1.82, 2.24) is 20.8 Å². The number of aliphatic imine (C=N–C) groups is 1. The van der Waals surface area contributed by atoms with Gasteiger partial charge in [-0.3, -0.25) is 20.4 Å². The Hall–Kier alpha value is -4.26. The second-order valence-electron chi connectivity index (χ2n) is 8.46. The number of morpholine rings is 1. The summed E-state index contributed by atoms with van der Waals surface area (Å²) in [5, 5.41) is 0.484. The summed E-state index contributed by atoms with van der Waals surface area (Å²) < 4.78 is 33.5. The zero-order valence-electron chi connectivity index (χ0n) is 20.5. The van der Waals surface area contributed by atoms with E-state index in [2.05, 4.69) is 30.4 Å². The van der Waals surface area contributed by atoms with Gasteiger partial charge < -0.3 is 9.64 Å². The lowest BCUT2D eigenvalue weighted by molar-refractivity contribution is 0.0944. The first-order valence-corrected chi connectivity index (χ1v) is 13.8. The Morgan fingerprint density at radius 1 is 0.974 bits per heavy atom. The summed E-state index contributed by atoms with van der Waals surface area (Å²) in [6.07, 6.45) is 1.29. The van der Waals surface area contributed by atoms with Crippen LogP contribution in [0.2, 0.25) is 5.02 Å². The van der Waals surface area contributed by atoms with Crippen molar-refractivity contribution in [3.05, 3.63) is 83.4 Å². The first-order valence-electron chi connectivity index (χ1n) is 12.0. The van der Waals surface area contributed by atoms with E-state index in [-0.39, 0.29) is 10.5 Å². The first-order chi connectivity index (χ1) is 18.9. The highest BCUT2D eigenvalue weighted by Gasteiger charge is 2.19. The number of nitrogens with zero attached hydrogens (tertiary/aromatic N) is 4. The Balaban J connectivity index is 1.27. The number of amides is 1. The number of nitrogens with one attached hydrogen (secondary N) is 3. The molecule has 1 fully saturated rings. The lowest BCUT2D eigenvalue weighted by atomic mass is 10.2. The highest BCUT2D eigenvalue weighted by molar-refractivity contribution is 7.92. The van der Waals surface area contributed by atoms with Crippen LogP contribution >= 0.6 is 11.6 Å². The van der Waals surface area contributed by atoms with Crippen LogP contribution in [0.15, 0.2) is 82.7 Å². The van der Waals surface area contributed by atoms with Gasteiger partial charge in [-0.2, -0.15) is 0 Å². The number of hydrazine groups is 1. The molecule has 200 valence electrons. The summed E-state index contributed by atoms with van der Waals surface area (Å²) in [7, 11) is -3.93. The number of halogens is 1. The molecule has 1 amide bonds. The number of carbonyl (C=O) groups excluding carboxylic acids is 1. The van der Waals surface area contributed by atoms with Gasteiger partial charge in [-0.15, -0.1) is 0 Å². The van der Waals surface area contributed by atoms with Gasteiger partial charge in [-0.05, 0) is 54.6 Å². The molecule has 1 aromatic heterocycles. The van der Waals surface area contributed by atoms with E-state index in [9.17, 15) is 13.2 Å². The zero-order chi connectivity index (χ0) is 27.2. The third-order valence-electron chi connectivity index (χ3n) is 5.79. The van der Waals surface area contributed by atoms with E-state index < -0.39 is 15.9 Å². The van der Waals surface area contributed by atoms with Crippen LogP contribution in [0.1, 0.15) is 10.4 Å². The fourth-order valence-electron chi connectivity index (χ4n) is 3.86. The molecule has 1 aliphatic rings. The Bertz CT molecular complexity index is 1630. The van der Waals surface area contributed by atoms with Gasteiger partial charge >= 0.3 is 0 Å². The predicted octanol–water partition coefficient (Wildman–Crippen LogP) is 3.52. The maximum atomic E-state index is 12.8. The van der Waals surface area contributed by atoms with Crippen molar-refractivity contribution in [1.29, 1.82) is 0 Å². The van der Waals surface area contributed by atoms with Gasteiger partial charge in [0, 0.05) is 29.4 Å². The number of hydrogen-bond donors (Lipinski definition) is 3. The average Bonchev–Trinajstić information content (AvgIpc) is 2.96. The molecule has 0 radical (unpaired) electrons. The fourth-order valence-corrected chi connectivity index (χ4v) is 5.09. The predicted molar refractivity (Wildman–Crippen MR) is 150 cm³/mol. The van der Waals surface area contributed by atoms with Crippen molar-refractivity contribution in [3.8, 4) is 0 Å². The number of aromatic nitrogens is 2. The molecule has 11 nitrogen and oxygen atoms in total.